The maximum atomic E-state index is 12.2. The van der Waals surface area contributed by atoms with Crippen LogP contribution in [0.5, 0.6) is 5.75 Å². The van der Waals surface area contributed by atoms with E-state index in [1.165, 1.54) is 4.90 Å². The number of phenols is 1. The summed E-state index contributed by atoms with van der Waals surface area (Å²) in [5.74, 6) is -0.854. The average Bonchev–Trinajstić information content (AvgIpc) is 2.72. The summed E-state index contributed by atoms with van der Waals surface area (Å²) in [7, 11) is 0. The Kier molecular flexibility index (Phi) is 2.79. The summed E-state index contributed by atoms with van der Waals surface area (Å²) in [4.78, 5) is 25.5. The number of nitrogens with zero attached hydrogens (tertiary/aromatic N) is 1. The number of anilines is 2. The van der Waals surface area contributed by atoms with Gasteiger partial charge in [-0.1, -0.05) is 19.1 Å². The van der Waals surface area contributed by atoms with Gasteiger partial charge in [0.05, 0.1) is 11.3 Å². The largest absolute Gasteiger partial charge is 0.508 e. The Morgan fingerprint density at radius 2 is 1.85 bits per heavy atom. The van der Waals surface area contributed by atoms with E-state index in [9.17, 15) is 14.7 Å². The highest BCUT2D eigenvalue weighted by Gasteiger charge is 2.36. The molecular weight excluding hydrogens is 254 g/mol. The molecule has 0 atom stereocenters. The number of hydrogen-bond donors (Lipinski definition) is 1. The van der Waals surface area contributed by atoms with Crippen molar-refractivity contribution < 1.29 is 14.7 Å². The smallest absolute Gasteiger partial charge is 0.304 e. The Bertz CT molecular complexity index is 721. The molecule has 0 unspecified atom stereocenters. The standard InChI is InChI=1S/C16H13NO3/c1-2-10-9-11(7-8-14(10)18)17-13-6-4-3-5-12(13)15(19)16(17)20/h3-9,18H,2H2,1H3. The lowest BCUT2D eigenvalue weighted by Crippen LogP contribution is -2.24. The topological polar surface area (TPSA) is 57.6 Å². The van der Waals surface area contributed by atoms with Gasteiger partial charge in [-0.05, 0) is 42.3 Å². The van der Waals surface area contributed by atoms with E-state index < -0.39 is 11.7 Å². The van der Waals surface area contributed by atoms with E-state index in [4.69, 9.17) is 0 Å². The molecule has 1 amide bonds. The molecule has 0 aliphatic carbocycles. The zero-order chi connectivity index (χ0) is 14.3. The highest BCUT2D eigenvalue weighted by Crippen LogP contribution is 2.36. The SMILES string of the molecule is CCc1cc(N2C(=O)C(=O)c3ccccc32)ccc1O. The molecule has 0 saturated heterocycles. The van der Waals surface area contributed by atoms with Gasteiger partial charge in [-0.25, -0.2) is 0 Å². The zero-order valence-corrected chi connectivity index (χ0v) is 11.0. The number of ketones is 1. The van der Waals surface area contributed by atoms with Crippen LogP contribution in [0.4, 0.5) is 11.4 Å². The van der Waals surface area contributed by atoms with E-state index in [2.05, 4.69) is 0 Å². The van der Waals surface area contributed by atoms with Crippen LogP contribution >= 0.6 is 0 Å². The van der Waals surface area contributed by atoms with Crippen LogP contribution in [0, 0.1) is 0 Å². The van der Waals surface area contributed by atoms with Gasteiger partial charge in [0.25, 0.3) is 5.78 Å². The van der Waals surface area contributed by atoms with Crippen LogP contribution in [0.25, 0.3) is 0 Å². The fourth-order valence-corrected chi connectivity index (χ4v) is 2.44. The fourth-order valence-electron chi connectivity index (χ4n) is 2.44. The fraction of sp³-hybridized carbons (Fsp3) is 0.125. The lowest BCUT2D eigenvalue weighted by Gasteiger charge is -2.17. The average molecular weight is 267 g/mol. The minimum Gasteiger partial charge on any atom is -0.508 e. The second-order valence-corrected chi connectivity index (χ2v) is 4.65. The third kappa shape index (κ3) is 1.69. The number of rotatable bonds is 2. The predicted octanol–water partition coefficient (Wildman–Crippen LogP) is 2.82. The first-order valence-electron chi connectivity index (χ1n) is 6.43. The number of aryl methyl sites for hydroxylation is 1. The summed E-state index contributed by atoms with van der Waals surface area (Å²) >= 11 is 0. The van der Waals surface area contributed by atoms with Gasteiger partial charge in [0.1, 0.15) is 5.75 Å². The van der Waals surface area contributed by atoms with Crippen LogP contribution in [0.15, 0.2) is 42.5 Å². The Labute approximate surface area is 116 Å². The highest BCUT2D eigenvalue weighted by molar-refractivity contribution is 6.53. The molecule has 1 N–H and O–H groups in total. The van der Waals surface area contributed by atoms with Crippen LogP contribution < -0.4 is 4.90 Å². The zero-order valence-electron chi connectivity index (χ0n) is 11.0. The molecule has 0 spiro atoms. The molecule has 0 fully saturated rings. The molecular formula is C16H13NO3. The minimum absolute atomic E-state index is 0.197. The van der Waals surface area contributed by atoms with Crippen LogP contribution in [0.1, 0.15) is 22.8 Å². The van der Waals surface area contributed by atoms with Gasteiger partial charge in [0.15, 0.2) is 0 Å². The van der Waals surface area contributed by atoms with Crippen LogP contribution in [-0.4, -0.2) is 16.8 Å². The number of fused-ring (bicyclic) bond motifs is 1. The molecule has 1 aliphatic heterocycles. The van der Waals surface area contributed by atoms with E-state index in [1.807, 2.05) is 6.92 Å². The van der Waals surface area contributed by atoms with E-state index in [0.29, 0.717) is 23.4 Å². The van der Waals surface area contributed by atoms with Gasteiger partial charge in [0, 0.05) is 5.69 Å². The molecule has 0 aromatic heterocycles. The number of hydrogen-bond acceptors (Lipinski definition) is 3. The molecule has 2 aromatic rings. The van der Waals surface area contributed by atoms with Crippen molar-refractivity contribution in [3.8, 4) is 5.75 Å². The van der Waals surface area contributed by atoms with Gasteiger partial charge in [0.2, 0.25) is 0 Å². The van der Waals surface area contributed by atoms with Gasteiger partial charge in [-0.2, -0.15) is 0 Å². The van der Waals surface area contributed by atoms with E-state index >= 15 is 0 Å². The first-order valence-corrected chi connectivity index (χ1v) is 6.43. The minimum atomic E-state index is -0.557. The summed E-state index contributed by atoms with van der Waals surface area (Å²) in [6.45, 7) is 1.92. The van der Waals surface area contributed by atoms with Crippen molar-refractivity contribution >= 4 is 23.1 Å². The van der Waals surface area contributed by atoms with Gasteiger partial charge in [-0.15, -0.1) is 0 Å². The second-order valence-electron chi connectivity index (χ2n) is 4.65. The monoisotopic (exact) mass is 267 g/mol. The number of amides is 1. The Balaban J connectivity index is 2.15. The van der Waals surface area contributed by atoms with Crippen LogP contribution in [0.2, 0.25) is 0 Å². The number of benzene rings is 2. The van der Waals surface area contributed by atoms with Crippen molar-refractivity contribution in [2.24, 2.45) is 0 Å². The quantitative estimate of drug-likeness (QED) is 0.851. The Morgan fingerprint density at radius 1 is 1.10 bits per heavy atom. The van der Waals surface area contributed by atoms with Crippen molar-refractivity contribution in [1.82, 2.24) is 0 Å². The van der Waals surface area contributed by atoms with Crippen LogP contribution in [-0.2, 0) is 11.2 Å². The molecule has 3 rings (SSSR count). The number of aromatic hydroxyl groups is 1. The molecule has 4 nitrogen and oxygen atoms in total. The summed E-state index contributed by atoms with van der Waals surface area (Å²) in [6.07, 6.45) is 0.650. The lowest BCUT2D eigenvalue weighted by atomic mass is 10.1. The number of Topliss-reactive ketones (excluding diaryl/α,β-unsaturated/α-hetero) is 1. The molecule has 0 radical (unpaired) electrons. The third-order valence-electron chi connectivity index (χ3n) is 3.49. The molecule has 0 saturated carbocycles. The molecule has 1 heterocycles. The van der Waals surface area contributed by atoms with Crippen molar-refractivity contribution in [2.75, 3.05) is 4.90 Å². The summed E-state index contributed by atoms with van der Waals surface area (Å²) in [5.41, 5.74) is 2.36. The normalized spacial score (nSPS) is 13.8. The first kappa shape index (κ1) is 12.4. The van der Waals surface area contributed by atoms with Crippen molar-refractivity contribution in [2.45, 2.75) is 13.3 Å². The number of para-hydroxylation sites is 1. The van der Waals surface area contributed by atoms with E-state index in [0.717, 1.165) is 5.56 Å². The first-order chi connectivity index (χ1) is 9.63. The number of carbonyl (C=O) groups is 2. The van der Waals surface area contributed by atoms with Crippen molar-refractivity contribution in [1.29, 1.82) is 0 Å². The molecule has 20 heavy (non-hydrogen) atoms. The summed E-state index contributed by atoms with van der Waals surface area (Å²) < 4.78 is 0. The Hall–Kier alpha value is -2.62. The molecule has 0 bridgehead atoms. The van der Waals surface area contributed by atoms with Gasteiger partial charge in [-0.3, -0.25) is 14.5 Å². The van der Waals surface area contributed by atoms with Crippen LogP contribution in [0.3, 0.4) is 0 Å². The number of phenolic OH excluding ortho intramolecular Hbond substituents is 1. The lowest BCUT2D eigenvalue weighted by molar-refractivity contribution is -0.113. The molecule has 1 aliphatic rings. The van der Waals surface area contributed by atoms with E-state index in [-0.39, 0.29) is 5.75 Å². The maximum Gasteiger partial charge on any atom is 0.304 e. The van der Waals surface area contributed by atoms with Gasteiger partial charge >= 0.3 is 5.91 Å². The Morgan fingerprint density at radius 3 is 2.60 bits per heavy atom. The highest BCUT2D eigenvalue weighted by atomic mass is 16.3. The van der Waals surface area contributed by atoms with Crippen molar-refractivity contribution in [3.63, 3.8) is 0 Å². The van der Waals surface area contributed by atoms with Crippen molar-refractivity contribution in [3.05, 3.63) is 53.6 Å². The third-order valence-corrected chi connectivity index (χ3v) is 3.49. The molecule has 100 valence electrons. The molecule has 4 heteroatoms. The molecule has 2 aromatic carbocycles. The summed E-state index contributed by atoms with van der Waals surface area (Å²) in [5, 5.41) is 9.72. The van der Waals surface area contributed by atoms with E-state index in [1.54, 1.807) is 42.5 Å². The summed E-state index contributed by atoms with van der Waals surface area (Å²) in [6, 6.07) is 11.9. The van der Waals surface area contributed by atoms with Gasteiger partial charge < -0.3 is 5.11 Å². The number of carbonyl (C=O) groups excluding carboxylic acids is 2. The predicted molar refractivity (Wildman–Crippen MR) is 75.4 cm³/mol. The second kappa shape index (κ2) is 4.49. The maximum absolute atomic E-state index is 12.2.